The highest BCUT2D eigenvalue weighted by molar-refractivity contribution is 5.74. The monoisotopic (exact) mass is 311 g/mol. The van der Waals surface area contributed by atoms with Gasteiger partial charge in [0.1, 0.15) is 0 Å². The van der Waals surface area contributed by atoms with E-state index in [1.807, 2.05) is 13.8 Å². The molecule has 2 N–H and O–H groups in total. The van der Waals surface area contributed by atoms with Crippen LogP contribution in [0.4, 0.5) is 9.59 Å². The van der Waals surface area contributed by atoms with Gasteiger partial charge in [0, 0.05) is 25.2 Å². The molecule has 1 saturated carbocycles. The standard InChI is InChI=1S/C16H29N3O3/c1-12(2)22-16(21)19-10-8-14(9-11-19)18-15(20)17-13-6-4-3-5-7-13/h12-14H,3-11H2,1-2H3,(H2,17,18,20). The van der Waals surface area contributed by atoms with Crippen LogP contribution in [-0.2, 0) is 4.74 Å². The van der Waals surface area contributed by atoms with Gasteiger partial charge in [0.05, 0.1) is 6.10 Å². The number of rotatable bonds is 3. The Bertz CT molecular complexity index is 373. The van der Waals surface area contributed by atoms with Crippen LogP contribution < -0.4 is 10.6 Å². The van der Waals surface area contributed by atoms with Crippen molar-refractivity contribution in [2.45, 2.75) is 77.0 Å². The molecule has 2 fully saturated rings. The quantitative estimate of drug-likeness (QED) is 0.841. The number of likely N-dealkylation sites (tertiary alicyclic amines) is 1. The molecule has 1 saturated heterocycles. The molecule has 22 heavy (non-hydrogen) atoms. The van der Waals surface area contributed by atoms with Gasteiger partial charge in [-0.3, -0.25) is 0 Å². The third-order valence-electron chi connectivity index (χ3n) is 4.37. The van der Waals surface area contributed by atoms with Crippen molar-refractivity contribution < 1.29 is 14.3 Å². The summed E-state index contributed by atoms with van der Waals surface area (Å²) in [6.45, 7) is 4.98. The smallest absolute Gasteiger partial charge is 0.410 e. The number of amides is 3. The molecule has 126 valence electrons. The third-order valence-corrected chi connectivity index (χ3v) is 4.37. The van der Waals surface area contributed by atoms with Gasteiger partial charge in [-0.1, -0.05) is 19.3 Å². The summed E-state index contributed by atoms with van der Waals surface area (Å²) in [5.41, 5.74) is 0. The topological polar surface area (TPSA) is 70.7 Å². The molecule has 0 aromatic rings. The summed E-state index contributed by atoms with van der Waals surface area (Å²) in [6, 6.07) is 0.414. The number of hydrogen-bond donors (Lipinski definition) is 2. The summed E-state index contributed by atoms with van der Waals surface area (Å²) in [5, 5.41) is 6.11. The molecule has 0 atom stereocenters. The van der Waals surface area contributed by atoms with Gasteiger partial charge in [-0.2, -0.15) is 0 Å². The van der Waals surface area contributed by atoms with Crippen LogP contribution in [0.25, 0.3) is 0 Å². The second-order valence-corrected chi connectivity index (χ2v) is 6.65. The van der Waals surface area contributed by atoms with E-state index in [0.29, 0.717) is 19.1 Å². The molecule has 1 aliphatic carbocycles. The van der Waals surface area contributed by atoms with Gasteiger partial charge < -0.3 is 20.3 Å². The first kappa shape index (κ1) is 16.9. The third kappa shape index (κ3) is 5.39. The largest absolute Gasteiger partial charge is 0.447 e. The molecule has 3 amide bonds. The summed E-state index contributed by atoms with van der Waals surface area (Å²) < 4.78 is 5.19. The molecule has 0 spiro atoms. The average molecular weight is 311 g/mol. The van der Waals surface area contributed by atoms with E-state index in [1.165, 1.54) is 19.3 Å². The van der Waals surface area contributed by atoms with Crippen LogP contribution >= 0.6 is 0 Å². The Kier molecular flexibility index (Phi) is 6.34. The van der Waals surface area contributed by atoms with Crippen molar-refractivity contribution in [1.82, 2.24) is 15.5 Å². The van der Waals surface area contributed by atoms with Crippen molar-refractivity contribution in [1.29, 1.82) is 0 Å². The van der Waals surface area contributed by atoms with Gasteiger partial charge in [-0.05, 0) is 39.5 Å². The number of ether oxygens (including phenoxy) is 1. The highest BCUT2D eigenvalue weighted by Gasteiger charge is 2.25. The van der Waals surface area contributed by atoms with E-state index in [9.17, 15) is 9.59 Å². The molecular weight excluding hydrogens is 282 g/mol. The van der Waals surface area contributed by atoms with Gasteiger partial charge in [-0.15, -0.1) is 0 Å². The van der Waals surface area contributed by atoms with E-state index in [0.717, 1.165) is 25.7 Å². The summed E-state index contributed by atoms with van der Waals surface area (Å²) in [6.07, 6.45) is 7.11. The fourth-order valence-corrected chi connectivity index (χ4v) is 3.14. The SMILES string of the molecule is CC(C)OC(=O)N1CCC(NC(=O)NC2CCCCC2)CC1. The molecule has 6 nitrogen and oxygen atoms in total. The fraction of sp³-hybridized carbons (Fsp3) is 0.875. The van der Waals surface area contributed by atoms with Crippen LogP contribution in [0.1, 0.15) is 58.8 Å². The molecule has 0 aromatic carbocycles. The molecule has 0 aromatic heterocycles. The fourth-order valence-electron chi connectivity index (χ4n) is 3.14. The van der Waals surface area contributed by atoms with E-state index in [2.05, 4.69) is 10.6 Å². The Morgan fingerprint density at radius 2 is 1.50 bits per heavy atom. The molecule has 1 heterocycles. The van der Waals surface area contributed by atoms with Crippen LogP contribution in [-0.4, -0.2) is 48.3 Å². The predicted molar refractivity (Wildman–Crippen MR) is 84.8 cm³/mol. The Hall–Kier alpha value is -1.46. The van der Waals surface area contributed by atoms with Gasteiger partial charge >= 0.3 is 12.1 Å². The Morgan fingerprint density at radius 1 is 0.955 bits per heavy atom. The van der Waals surface area contributed by atoms with E-state index < -0.39 is 0 Å². The number of hydrogen-bond acceptors (Lipinski definition) is 3. The number of urea groups is 1. The van der Waals surface area contributed by atoms with Crippen LogP contribution in [0.3, 0.4) is 0 Å². The molecule has 0 bridgehead atoms. The van der Waals surface area contributed by atoms with E-state index in [1.54, 1.807) is 4.90 Å². The Labute approximate surface area is 132 Å². The maximum atomic E-state index is 12.0. The number of carbonyl (C=O) groups excluding carboxylic acids is 2. The minimum atomic E-state index is -0.250. The lowest BCUT2D eigenvalue weighted by Crippen LogP contribution is -2.51. The number of carbonyl (C=O) groups is 2. The second-order valence-electron chi connectivity index (χ2n) is 6.65. The highest BCUT2D eigenvalue weighted by Crippen LogP contribution is 2.17. The van der Waals surface area contributed by atoms with E-state index in [-0.39, 0.29) is 24.3 Å². The van der Waals surface area contributed by atoms with Gasteiger partial charge in [0.2, 0.25) is 0 Å². The minimum Gasteiger partial charge on any atom is -0.447 e. The van der Waals surface area contributed by atoms with Gasteiger partial charge in [-0.25, -0.2) is 9.59 Å². The first-order valence-electron chi connectivity index (χ1n) is 8.57. The molecule has 1 aliphatic heterocycles. The number of piperidine rings is 1. The lowest BCUT2D eigenvalue weighted by atomic mass is 9.96. The van der Waals surface area contributed by atoms with Gasteiger partial charge in [0.15, 0.2) is 0 Å². The van der Waals surface area contributed by atoms with Crippen molar-refractivity contribution in [3.63, 3.8) is 0 Å². The first-order valence-corrected chi connectivity index (χ1v) is 8.57. The lowest BCUT2D eigenvalue weighted by molar-refractivity contribution is 0.0683. The zero-order valence-corrected chi connectivity index (χ0v) is 13.8. The summed E-state index contributed by atoms with van der Waals surface area (Å²) in [7, 11) is 0. The Balaban J connectivity index is 1.66. The Morgan fingerprint density at radius 3 is 2.05 bits per heavy atom. The summed E-state index contributed by atoms with van der Waals surface area (Å²) in [5.74, 6) is 0. The van der Waals surface area contributed by atoms with Gasteiger partial charge in [0.25, 0.3) is 0 Å². The maximum Gasteiger partial charge on any atom is 0.410 e. The van der Waals surface area contributed by atoms with Crippen molar-refractivity contribution in [3.05, 3.63) is 0 Å². The normalized spacial score (nSPS) is 20.8. The lowest BCUT2D eigenvalue weighted by Gasteiger charge is -2.32. The van der Waals surface area contributed by atoms with E-state index >= 15 is 0 Å². The zero-order valence-electron chi connectivity index (χ0n) is 13.8. The van der Waals surface area contributed by atoms with Crippen molar-refractivity contribution in [3.8, 4) is 0 Å². The van der Waals surface area contributed by atoms with Crippen molar-refractivity contribution >= 4 is 12.1 Å². The molecular formula is C16H29N3O3. The molecule has 6 heteroatoms. The van der Waals surface area contributed by atoms with Crippen molar-refractivity contribution in [2.24, 2.45) is 0 Å². The number of nitrogens with one attached hydrogen (secondary N) is 2. The molecule has 2 aliphatic rings. The summed E-state index contributed by atoms with van der Waals surface area (Å²) >= 11 is 0. The zero-order chi connectivity index (χ0) is 15.9. The summed E-state index contributed by atoms with van der Waals surface area (Å²) in [4.78, 5) is 25.5. The molecule has 0 unspecified atom stereocenters. The minimum absolute atomic E-state index is 0.0601. The first-order chi connectivity index (χ1) is 10.5. The van der Waals surface area contributed by atoms with E-state index in [4.69, 9.17) is 4.74 Å². The predicted octanol–water partition coefficient (Wildman–Crippen LogP) is 2.63. The average Bonchev–Trinajstić information content (AvgIpc) is 2.48. The van der Waals surface area contributed by atoms with Crippen LogP contribution in [0.5, 0.6) is 0 Å². The molecule has 0 radical (unpaired) electrons. The van der Waals surface area contributed by atoms with Crippen LogP contribution in [0.15, 0.2) is 0 Å². The second kappa shape index (κ2) is 8.25. The van der Waals surface area contributed by atoms with Crippen molar-refractivity contribution in [2.75, 3.05) is 13.1 Å². The molecule has 2 rings (SSSR count). The number of nitrogens with zero attached hydrogens (tertiary/aromatic N) is 1. The van der Waals surface area contributed by atoms with Crippen LogP contribution in [0.2, 0.25) is 0 Å². The van der Waals surface area contributed by atoms with Crippen LogP contribution in [0, 0.1) is 0 Å². The maximum absolute atomic E-state index is 12.0. The highest BCUT2D eigenvalue weighted by atomic mass is 16.6.